The topological polar surface area (TPSA) is 59.2 Å². The van der Waals surface area contributed by atoms with Gasteiger partial charge in [-0.15, -0.1) is 0 Å². The molecule has 1 saturated heterocycles. The standard InChI is InChI=1S/C16H24N6O/c1-14-3-4-16(23)22(18-14)10-9-20-5-7-21(8-6-20)12-15-11-19(2)13-17-15/h3-4,11,13H,5-10,12H2,1-2H3. The summed E-state index contributed by atoms with van der Waals surface area (Å²) in [6, 6.07) is 3.35. The van der Waals surface area contributed by atoms with E-state index in [1.165, 1.54) is 0 Å². The average molecular weight is 316 g/mol. The molecule has 0 radical (unpaired) electrons. The van der Waals surface area contributed by atoms with Crippen molar-refractivity contribution in [1.29, 1.82) is 0 Å². The van der Waals surface area contributed by atoms with Gasteiger partial charge in [0.05, 0.1) is 24.3 Å². The lowest BCUT2D eigenvalue weighted by molar-refractivity contribution is 0.121. The van der Waals surface area contributed by atoms with Crippen molar-refractivity contribution in [1.82, 2.24) is 29.1 Å². The molecule has 0 aromatic carbocycles. The predicted octanol–water partition coefficient (Wildman–Crippen LogP) is 0.103. The minimum atomic E-state index is -0.0237. The monoisotopic (exact) mass is 316 g/mol. The highest BCUT2D eigenvalue weighted by Crippen LogP contribution is 2.06. The second-order valence-corrected chi connectivity index (χ2v) is 6.18. The smallest absolute Gasteiger partial charge is 0.266 e. The summed E-state index contributed by atoms with van der Waals surface area (Å²) in [5, 5.41) is 4.29. The lowest BCUT2D eigenvalue weighted by Crippen LogP contribution is -2.47. The van der Waals surface area contributed by atoms with Crippen LogP contribution in [0.3, 0.4) is 0 Å². The molecule has 0 spiro atoms. The average Bonchev–Trinajstić information content (AvgIpc) is 2.95. The molecular formula is C16H24N6O. The summed E-state index contributed by atoms with van der Waals surface area (Å²) < 4.78 is 3.55. The summed E-state index contributed by atoms with van der Waals surface area (Å²) in [5.74, 6) is 0. The van der Waals surface area contributed by atoms with Crippen molar-refractivity contribution in [2.75, 3.05) is 32.7 Å². The Bertz CT molecular complexity index is 699. The van der Waals surface area contributed by atoms with Crippen LogP contribution < -0.4 is 5.56 Å². The first-order valence-corrected chi connectivity index (χ1v) is 8.06. The van der Waals surface area contributed by atoms with Crippen molar-refractivity contribution >= 4 is 0 Å². The first kappa shape index (κ1) is 15.9. The van der Waals surface area contributed by atoms with Crippen LogP contribution in [0.1, 0.15) is 11.4 Å². The maximum Gasteiger partial charge on any atom is 0.266 e. The van der Waals surface area contributed by atoms with Gasteiger partial charge >= 0.3 is 0 Å². The first-order chi connectivity index (χ1) is 11.1. The lowest BCUT2D eigenvalue weighted by atomic mass is 10.3. The van der Waals surface area contributed by atoms with Crippen LogP contribution in [-0.2, 0) is 20.1 Å². The highest BCUT2D eigenvalue weighted by Gasteiger charge is 2.17. The van der Waals surface area contributed by atoms with Gasteiger partial charge < -0.3 is 4.57 Å². The fraction of sp³-hybridized carbons (Fsp3) is 0.562. The fourth-order valence-electron chi connectivity index (χ4n) is 2.90. The van der Waals surface area contributed by atoms with Crippen LogP contribution >= 0.6 is 0 Å². The molecule has 1 aliphatic heterocycles. The summed E-state index contributed by atoms with van der Waals surface area (Å²) in [6.07, 6.45) is 3.92. The summed E-state index contributed by atoms with van der Waals surface area (Å²) in [7, 11) is 2.00. The first-order valence-electron chi connectivity index (χ1n) is 8.06. The SMILES string of the molecule is Cc1ccc(=O)n(CCN2CCN(Cc3cn(C)cn3)CC2)n1. The molecule has 0 saturated carbocycles. The number of hydrogen-bond donors (Lipinski definition) is 0. The van der Waals surface area contributed by atoms with Crippen molar-refractivity contribution in [2.24, 2.45) is 7.05 Å². The van der Waals surface area contributed by atoms with E-state index in [0.29, 0.717) is 6.54 Å². The zero-order valence-corrected chi connectivity index (χ0v) is 13.9. The Labute approximate surface area is 136 Å². The van der Waals surface area contributed by atoms with E-state index < -0.39 is 0 Å². The van der Waals surface area contributed by atoms with Crippen molar-refractivity contribution in [2.45, 2.75) is 20.0 Å². The largest absolute Gasteiger partial charge is 0.340 e. The lowest BCUT2D eigenvalue weighted by Gasteiger charge is -2.34. The van der Waals surface area contributed by atoms with E-state index in [0.717, 1.165) is 50.7 Å². The molecule has 0 bridgehead atoms. The Hall–Kier alpha value is -1.99. The molecule has 2 aromatic rings. The highest BCUT2D eigenvalue weighted by atomic mass is 16.1. The number of aromatic nitrogens is 4. The summed E-state index contributed by atoms with van der Waals surface area (Å²) in [6.45, 7) is 8.45. The Morgan fingerprint density at radius 2 is 1.83 bits per heavy atom. The predicted molar refractivity (Wildman–Crippen MR) is 88.2 cm³/mol. The van der Waals surface area contributed by atoms with Crippen LogP contribution in [0.2, 0.25) is 0 Å². The van der Waals surface area contributed by atoms with Gasteiger partial charge in [-0.25, -0.2) is 9.67 Å². The van der Waals surface area contributed by atoms with Gasteiger partial charge in [0.25, 0.3) is 5.56 Å². The van der Waals surface area contributed by atoms with Crippen LogP contribution in [0.25, 0.3) is 0 Å². The molecular weight excluding hydrogens is 292 g/mol. The number of nitrogens with zero attached hydrogens (tertiary/aromatic N) is 6. The van der Waals surface area contributed by atoms with Crippen LogP contribution in [-0.4, -0.2) is 61.9 Å². The Morgan fingerprint density at radius 1 is 1.09 bits per heavy atom. The molecule has 0 aliphatic carbocycles. The molecule has 7 heteroatoms. The van der Waals surface area contributed by atoms with Crippen LogP contribution in [0.4, 0.5) is 0 Å². The minimum Gasteiger partial charge on any atom is -0.340 e. The summed E-state index contributed by atoms with van der Waals surface area (Å²) in [4.78, 5) is 21.0. The fourth-order valence-corrected chi connectivity index (χ4v) is 2.90. The Kier molecular flexibility index (Phi) is 4.88. The third kappa shape index (κ3) is 4.27. The van der Waals surface area contributed by atoms with Gasteiger partial charge in [-0.05, 0) is 13.0 Å². The van der Waals surface area contributed by atoms with E-state index in [4.69, 9.17) is 0 Å². The zero-order chi connectivity index (χ0) is 16.2. The molecule has 1 fully saturated rings. The number of aryl methyl sites for hydroxylation is 2. The number of piperazine rings is 1. The van der Waals surface area contributed by atoms with Crippen molar-refractivity contribution < 1.29 is 0 Å². The minimum absolute atomic E-state index is 0.0237. The molecule has 0 amide bonds. The Morgan fingerprint density at radius 3 is 2.52 bits per heavy atom. The maximum absolute atomic E-state index is 11.8. The van der Waals surface area contributed by atoms with Gasteiger partial charge in [-0.3, -0.25) is 14.6 Å². The molecule has 3 rings (SSSR count). The normalized spacial score (nSPS) is 16.8. The summed E-state index contributed by atoms with van der Waals surface area (Å²) >= 11 is 0. The van der Waals surface area contributed by atoms with Crippen LogP contribution in [0.15, 0.2) is 29.5 Å². The quantitative estimate of drug-likeness (QED) is 0.783. The van der Waals surface area contributed by atoms with Crippen LogP contribution in [0.5, 0.6) is 0 Å². The molecule has 0 atom stereocenters. The molecule has 23 heavy (non-hydrogen) atoms. The molecule has 0 unspecified atom stereocenters. The van der Waals surface area contributed by atoms with E-state index in [-0.39, 0.29) is 5.56 Å². The number of hydrogen-bond acceptors (Lipinski definition) is 5. The second kappa shape index (κ2) is 7.06. The van der Waals surface area contributed by atoms with Crippen LogP contribution in [0, 0.1) is 6.92 Å². The van der Waals surface area contributed by atoms with Gasteiger partial charge in [0.1, 0.15) is 0 Å². The molecule has 124 valence electrons. The van der Waals surface area contributed by atoms with Crippen molar-refractivity contribution in [3.63, 3.8) is 0 Å². The summed E-state index contributed by atoms with van der Waals surface area (Å²) in [5.41, 5.74) is 1.98. The molecule has 2 aromatic heterocycles. The third-order valence-electron chi connectivity index (χ3n) is 4.24. The molecule has 1 aliphatic rings. The number of rotatable bonds is 5. The van der Waals surface area contributed by atoms with Crippen molar-refractivity contribution in [3.05, 3.63) is 46.4 Å². The van der Waals surface area contributed by atoms with E-state index in [9.17, 15) is 4.79 Å². The highest BCUT2D eigenvalue weighted by molar-refractivity contribution is 4.97. The van der Waals surface area contributed by atoms with E-state index in [1.54, 1.807) is 16.8 Å². The maximum atomic E-state index is 11.8. The van der Waals surface area contributed by atoms with E-state index >= 15 is 0 Å². The second-order valence-electron chi connectivity index (χ2n) is 6.18. The van der Waals surface area contributed by atoms with Gasteiger partial charge in [0.15, 0.2) is 0 Å². The molecule has 3 heterocycles. The van der Waals surface area contributed by atoms with Gasteiger partial charge in [-0.1, -0.05) is 0 Å². The van der Waals surface area contributed by atoms with E-state index in [1.807, 2.05) is 24.9 Å². The molecule has 0 N–H and O–H groups in total. The third-order valence-corrected chi connectivity index (χ3v) is 4.24. The van der Waals surface area contributed by atoms with Gasteiger partial charge in [0, 0.05) is 58.6 Å². The Balaban J connectivity index is 1.46. The van der Waals surface area contributed by atoms with E-state index in [2.05, 4.69) is 26.1 Å². The molecule has 7 nitrogen and oxygen atoms in total. The van der Waals surface area contributed by atoms with Gasteiger partial charge in [-0.2, -0.15) is 5.10 Å². The van der Waals surface area contributed by atoms with Gasteiger partial charge in [0.2, 0.25) is 0 Å². The van der Waals surface area contributed by atoms with Crippen molar-refractivity contribution in [3.8, 4) is 0 Å². The zero-order valence-electron chi connectivity index (χ0n) is 13.9. The number of imidazole rings is 1.